The smallest absolute Gasteiger partial charge is 0.321 e. The number of nitrogens with one attached hydrogen (secondary N) is 2. The minimum absolute atomic E-state index is 0.131. The van der Waals surface area contributed by atoms with Crippen LogP contribution in [0.3, 0.4) is 0 Å². The molecule has 1 atom stereocenters. The predicted octanol–water partition coefficient (Wildman–Crippen LogP) is 0.866. The topological polar surface area (TPSA) is 67.4 Å². The zero-order valence-corrected chi connectivity index (χ0v) is 9.76. The monoisotopic (exact) mass is 236 g/mol. The number of alkyl halides is 1. The summed E-state index contributed by atoms with van der Waals surface area (Å²) in [5.41, 5.74) is 0. The van der Waals surface area contributed by atoms with E-state index in [0.717, 1.165) is 0 Å². The van der Waals surface area contributed by atoms with Crippen LogP contribution in [0.1, 0.15) is 20.3 Å². The lowest BCUT2D eigenvalue weighted by Gasteiger charge is -2.13. The summed E-state index contributed by atoms with van der Waals surface area (Å²) >= 11 is 5.34. The molecule has 0 saturated carbocycles. The van der Waals surface area contributed by atoms with Crippen molar-refractivity contribution < 1.29 is 14.3 Å². The predicted molar refractivity (Wildman–Crippen MR) is 58.0 cm³/mol. The first kappa shape index (κ1) is 14.2. The number of rotatable bonds is 6. The van der Waals surface area contributed by atoms with Crippen LogP contribution >= 0.6 is 11.6 Å². The largest absolute Gasteiger partial charge is 0.380 e. The summed E-state index contributed by atoms with van der Waals surface area (Å²) in [7, 11) is 0. The highest BCUT2D eigenvalue weighted by atomic mass is 35.5. The molecule has 88 valence electrons. The average Bonchev–Trinajstić information content (AvgIpc) is 2.14. The van der Waals surface area contributed by atoms with E-state index in [1.807, 2.05) is 6.92 Å². The van der Waals surface area contributed by atoms with Crippen LogP contribution in [0.15, 0.2) is 0 Å². The van der Waals surface area contributed by atoms with Gasteiger partial charge in [-0.2, -0.15) is 0 Å². The Morgan fingerprint density at radius 3 is 2.67 bits per heavy atom. The molecule has 0 aliphatic heterocycles. The molecule has 0 rings (SSSR count). The van der Waals surface area contributed by atoms with Gasteiger partial charge in [-0.3, -0.25) is 10.1 Å². The fraction of sp³-hybridized carbons (Fsp3) is 0.778. The molecule has 0 radical (unpaired) electrons. The molecule has 2 N–H and O–H groups in total. The SMILES string of the molecule is CCOCC(C)NC(=O)NC(=O)CCCl. The van der Waals surface area contributed by atoms with Crippen molar-refractivity contribution in [3.8, 4) is 0 Å². The molecule has 5 nitrogen and oxygen atoms in total. The van der Waals surface area contributed by atoms with Gasteiger partial charge in [-0.25, -0.2) is 4.79 Å². The van der Waals surface area contributed by atoms with Crippen LogP contribution in [-0.2, 0) is 9.53 Å². The minimum Gasteiger partial charge on any atom is -0.380 e. The molecule has 0 aromatic heterocycles. The third-order valence-corrected chi connectivity index (χ3v) is 1.71. The van der Waals surface area contributed by atoms with E-state index in [9.17, 15) is 9.59 Å². The molecule has 3 amide bonds. The van der Waals surface area contributed by atoms with E-state index in [0.29, 0.717) is 13.2 Å². The van der Waals surface area contributed by atoms with Crippen molar-refractivity contribution in [3.05, 3.63) is 0 Å². The van der Waals surface area contributed by atoms with Gasteiger partial charge in [0.05, 0.1) is 12.6 Å². The first-order valence-corrected chi connectivity index (χ1v) is 5.37. The van der Waals surface area contributed by atoms with Gasteiger partial charge in [0.25, 0.3) is 0 Å². The van der Waals surface area contributed by atoms with E-state index in [-0.39, 0.29) is 24.2 Å². The summed E-state index contributed by atoms with van der Waals surface area (Å²) in [5.74, 6) is -0.181. The van der Waals surface area contributed by atoms with Crippen LogP contribution in [0.2, 0.25) is 0 Å². The number of hydrogen-bond donors (Lipinski definition) is 2. The molecule has 0 spiro atoms. The molecule has 0 bridgehead atoms. The van der Waals surface area contributed by atoms with Crippen LogP contribution < -0.4 is 10.6 Å². The van der Waals surface area contributed by atoms with Crippen LogP contribution in [0.25, 0.3) is 0 Å². The van der Waals surface area contributed by atoms with E-state index in [1.165, 1.54) is 0 Å². The Bertz CT molecular complexity index is 212. The maximum Gasteiger partial charge on any atom is 0.321 e. The molecular weight excluding hydrogens is 220 g/mol. The maximum atomic E-state index is 11.2. The lowest BCUT2D eigenvalue weighted by Crippen LogP contribution is -2.45. The lowest BCUT2D eigenvalue weighted by atomic mass is 10.4. The molecule has 0 aromatic carbocycles. The molecular formula is C9H17ClN2O3. The van der Waals surface area contributed by atoms with Gasteiger partial charge in [-0.15, -0.1) is 11.6 Å². The van der Waals surface area contributed by atoms with Crippen molar-refractivity contribution in [1.82, 2.24) is 10.6 Å². The average molecular weight is 237 g/mol. The summed E-state index contributed by atoms with van der Waals surface area (Å²) in [5, 5.41) is 4.72. The summed E-state index contributed by atoms with van der Waals surface area (Å²) in [4.78, 5) is 22.1. The molecule has 0 heterocycles. The Hall–Kier alpha value is -0.810. The third-order valence-electron chi connectivity index (χ3n) is 1.52. The quantitative estimate of drug-likeness (QED) is 0.673. The van der Waals surface area contributed by atoms with E-state index in [2.05, 4.69) is 10.6 Å². The number of halogens is 1. The molecule has 0 saturated heterocycles. The summed E-state index contributed by atoms with van der Waals surface area (Å²) in [6.45, 7) is 4.69. The Morgan fingerprint density at radius 1 is 1.47 bits per heavy atom. The zero-order chi connectivity index (χ0) is 11.7. The molecule has 1 unspecified atom stereocenters. The number of ether oxygens (including phenoxy) is 1. The van der Waals surface area contributed by atoms with Gasteiger partial charge in [-0.05, 0) is 13.8 Å². The van der Waals surface area contributed by atoms with Crippen molar-refractivity contribution in [2.75, 3.05) is 19.1 Å². The van der Waals surface area contributed by atoms with Crippen molar-refractivity contribution in [3.63, 3.8) is 0 Å². The van der Waals surface area contributed by atoms with Crippen molar-refractivity contribution in [1.29, 1.82) is 0 Å². The first-order chi connectivity index (χ1) is 7.10. The summed E-state index contributed by atoms with van der Waals surface area (Å²) in [6, 6.07) is -0.647. The van der Waals surface area contributed by atoms with Crippen LogP contribution in [0, 0.1) is 0 Å². The molecule has 0 aliphatic carbocycles. The maximum absolute atomic E-state index is 11.2. The Labute approximate surface area is 94.5 Å². The fourth-order valence-corrected chi connectivity index (χ4v) is 1.04. The lowest BCUT2D eigenvalue weighted by molar-refractivity contribution is -0.119. The molecule has 0 aliphatic rings. The van der Waals surface area contributed by atoms with Gasteiger partial charge in [0.2, 0.25) is 5.91 Å². The summed E-state index contributed by atoms with van der Waals surface area (Å²) < 4.78 is 5.10. The second-order valence-electron chi connectivity index (χ2n) is 3.02. The molecule has 0 aromatic rings. The highest BCUT2D eigenvalue weighted by Gasteiger charge is 2.09. The fourth-order valence-electron chi connectivity index (χ4n) is 0.871. The van der Waals surface area contributed by atoms with Gasteiger partial charge in [-0.1, -0.05) is 0 Å². The number of carbonyl (C=O) groups is 2. The number of urea groups is 1. The van der Waals surface area contributed by atoms with Gasteiger partial charge in [0.15, 0.2) is 0 Å². The zero-order valence-electron chi connectivity index (χ0n) is 9.01. The van der Waals surface area contributed by atoms with Gasteiger partial charge in [0, 0.05) is 18.9 Å². The second kappa shape index (κ2) is 8.49. The summed E-state index contributed by atoms with van der Waals surface area (Å²) in [6.07, 6.45) is 0.134. The van der Waals surface area contributed by atoms with Crippen LogP contribution in [0.5, 0.6) is 0 Å². The van der Waals surface area contributed by atoms with Crippen LogP contribution in [-0.4, -0.2) is 37.1 Å². The molecule has 0 fully saturated rings. The van der Waals surface area contributed by atoms with E-state index < -0.39 is 6.03 Å². The van der Waals surface area contributed by atoms with Crippen LogP contribution in [0.4, 0.5) is 4.79 Å². The van der Waals surface area contributed by atoms with Gasteiger partial charge < -0.3 is 10.1 Å². The van der Waals surface area contributed by atoms with Crippen molar-refractivity contribution in [2.45, 2.75) is 26.3 Å². The Morgan fingerprint density at radius 2 is 2.13 bits per heavy atom. The van der Waals surface area contributed by atoms with Crippen molar-refractivity contribution >= 4 is 23.5 Å². The number of hydrogen-bond acceptors (Lipinski definition) is 3. The standard InChI is InChI=1S/C9H17ClN2O3/c1-3-15-6-7(2)11-9(14)12-8(13)4-5-10/h7H,3-6H2,1-2H3,(H2,11,12,13,14). The highest BCUT2D eigenvalue weighted by Crippen LogP contribution is 1.86. The second-order valence-corrected chi connectivity index (χ2v) is 3.40. The Balaban J connectivity index is 3.68. The normalized spacial score (nSPS) is 11.9. The van der Waals surface area contributed by atoms with Gasteiger partial charge in [0.1, 0.15) is 0 Å². The number of amides is 3. The van der Waals surface area contributed by atoms with Crippen molar-refractivity contribution in [2.24, 2.45) is 0 Å². The number of imide groups is 1. The van der Waals surface area contributed by atoms with E-state index in [1.54, 1.807) is 6.92 Å². The van der Waals surface area contributed by atoms with E-state index in [4.69, 9.17) is 16.3 Å². The number of carbonyl (C=O) groups excluding carboxylic acids is 2. The highest BCUT2D eigenvalue weighted by molar-refractivity contribution is 6.19. The van der Waals surface area contributed by atoms with Gasteiger partial charge >= 0.3 is 6.03 Å². The molecule has 15 heavy (non-hydrogen) atoms. The molecule has 6 heteroatoms. The first-order valence-electron chi connectivity index (χ1n) is 4.84. The Kier molecular flexibility index (Phi) is 8.04. The van der Waals surface area contributed by atoms with E-state index >= 15 is 0 Å². The third kappa shape index (κ3) is 8.20. The minimum atomic E-state index is -0.516.